The van der Waals surface area contributed by atoms with Crippen LogP contribution in [0.4, 0.5) is 5.69 Å². The zero-order valence-corrected chi connectivity index (χ0v) is 17.5. The van der Waals surface area contributed by atoms with Gasteiger partial charge in [0.05, 0.1) is 19.1 Å². The Labute approximate surface area is 168 Å². The minimum absolute atomic E-state index is 0.0738. The summed E-state index contributed by atoms with van der Waals surface area (Å²) < 4.78 is 0. The minimum Gasteiger partial charge on any atom is -0.348 e. The van der Waals surface area contributed by atoms with E-state index in [9.17, 15) is 9.59 Å². The van der Waals surface area contributed by atoms with Crippen molar-refractivity contribution in [2.45, 2.75) is 40.2 Å². The fraction of sp³-hybridized carbons (Fsp3) is 0.391. The van der Waals surface area contributed by atoms with E-state index in [0.717, 1.165) is 28.8 Å². The highest BCUT2D eigenvalue weighted by Crippen LogP contribution is 2.19. The molecule has 0 aliphatic heterocycles. The topological polar surface area (TPSA) is 61.4 Å². The molecular formula is C23H31N3O2. The van der Waals surface area contributed by atoms with E-state index in [1.165, 1.54) is 5.56 Å². The Bertz CT molecular complexity index is 795. The van der Waals surface area contributed by atoms with Crippen molar-refractivity contribution in [1.29, 1.82) is 0 Å². The predicted molar refractivity (Wildman–Crippen MR) is 114 cm³/mol. The molecule has 0 saturated carbocycles. The molecule has 2 amide bonds. The summed E-state index contributed by atoms with van der Waals surface area (Å²) in [6.45, 7) is 8.33. The first-order valence-corrected chi connectivity index (χ1v) is 9.73. The van der Waals surface area contributed by atoms with Gasteiger partial charge in [-0.15, -0.1) is 0 Å². The number of anilines is 1. The van der Waals surface area contributed by atoms with Gasteiger partial charge in [-0.3, -0.25) is 14.5 Å². The van der Waals surface area contributed by atoms with E-state index in [4.69, 9.17) is 0 Å². The maximum absolute atomic E-state index is 12.3. The molecule has 0 saturated heterocycles. The van der Waals surface area contributed by atoms with Crippen LogP contribution in [0.2, 0.25) is 0 Å². The lowest BCUT2D eigenvalue weighted by molar-refractivity contribution is -0.123. The van der Waals surface area contributed by atoms with Crippen LogP contribution in [0.1, 0.15) is 42.1 Å². The van der Waals surface area contributed by atoms with Crippen molar-refractivity contribution in [1.82, 2.24) is 10.2 Å². The molecule has 2 aromatic rings. The van der Waals surface area contributed by atoms with Crippen molar-refractivity contribution >= 4 is 17.5 Å². The molecule has 0 bridgehead atoms. The molecule has 0 heterocycles. The Morgan fingerprint density at radius 3 is 2.11 bits per heavy atom. The zero-order valence-electron chi connectivity index (χ0n) is 17.5. The quantitative estimate of drug-likeness (QED) is 0.734. The predicted octanol–water partition coefficient (Wildman–Crippen LogP) is 3.61. The smallest absolute Gasteiger partial charge is 0.238 e. The van der Waals surface area contributed by atoms with E-state index in [0.29, 0.717) is 0 Å². The SMILES string of the molecule is CCc1ccc([C@@H](C)NC(=O)CN(C)CC(=O)Nc2c(C)cccc2C)cc1. The third-order valence-corrected chi connectivity index (χ3v) is 4.84. The average Bonchev–Trinajstić information content (AvgIpc) is 2.64. The number of carbonyl (C=O) groups excluding carboxylic acids is 2. The third-order valence-electron chi connectivity index (χ3n) is 4.84. The molecule has 0 unspecified atom stereocenters. The Morgan fingerprint density at radius 1 is 0.964 bits per heavy atom. The first-order valence-electron chi connectivity index (χ1n) is 9.73. The molecule has 5 nitrogen and oxygen atoms in total. The largest absolute Gasteiger partial charge is 0.348 e. The maximum Gasteiger partial charge on any atom is 0.238 e. The molecule has 150 valence electrons. The number of rotatable bonds is 8. The van der Waals surface area contributed by atoms with Gasteiger partial charge in [-0.2, -0.15) is 0 Å². The summed E-state index contributed by atoms with van der Waals surface area (Å²) in [6.07, 6.45) is 0.996. The van der Waals surface area contributed by atoms with Crippen molar-refractivity contribution in [2.75, 3.05) is 25.5 Å². The summed E-state index contributed by atoms with van der Waals surface area (Å²) in [5.41, 5.74) is 5.24. The van der Waals surface area contributed by atoms with Crippen LogP contribution >= 0.6 is 0 Å². The number of para-hydroxylation sites is 1. The normalized spacial score (nSPS) is 11.9. The molecule has 28 heavy (non-hydrogen) atoms. The van der Waals surface area contributed by atoms with Crippen LogP contribution < -0.4 is 10.6 Å². The van der Waals surface area contributed by atoms with Crippen LogP contribution in [-0.2, 0) is 16.0 Å². The molecule has 0 radical (unpaired) electrons. The first kappa shape index (κ1) is 21.6. The van der Waals surface area contributed by atoms with Gasteiger partial charge in [0.1, 0.15) is 0 Å². The van der Waals surface area contributed by atoms with E-state index < -0.39 is 0 Å². The molecule has 0 aliphatic rings. The lowest BCUT2D eigenvalue weighted by Crippen LogP contribution is -2.39. The number of benzene rings is 2. The Hall–Kier alpha value is -2.66. The highest BCUT2D eigenvalue weighted by Gasteiger charge is 2.15. The highest BCUT2D eigenvalue weighted by atomic mass is 16.2. The number of nitrogens with one attached hydrogen (secondary N) is 2. The van der Waals surface area contributed by atoms with Crippen LogP contribution in [0.15, 0.2) is 42.5 Å². The van der Waals surface area contributed by atoms with Crippen LogP contribution in [0.5, 0.6) is 0 Å². The van der Waals surface area contributed by atoms with Crippen molar-refractivity contribution < 1.29 is 9.59 Å². The van der Waals surface area contributed by atoms with Gasteiger partial charge in [-0.1, -0.05) is 49.4 Å². The van der Waals surface area contributed by atoms with Crippen molar-refractivity contribution in [3.8, 4) is 0 Å². The van der Waals surface area contributed by atoms with Crippen molar-refractivity contribution in [3.63, 3.8) is 0 Å². The summed E-state index contributed by atoms with van der Waals surface area (Å²) in [5, 5.41) is 5.94. The van der Waals surface area contributed by atoms with Gasteiger partial charge in [-0.05, 0) is 56.5 Å². The van der Waals surface area contributed by atoms with Gasteiger partial charge in [-0.25, -0.2) is 0 Å². The number of likely N-dealkylation sites (N-methyl/N-ethyl adjacent to an activating group) is 1. The van der Waals surface area contributed by atoms with Crippen LogP contribution in [0.25, 0.3) is 0 Å². The number of hydrogen-bond acceptors (Lipinski definition) is 3. The Kier molecular flexibility index (Phi) is 7.76. The van der Waals surface area contributed by atoms with E-state index in [-0.39, 0.29) is 30.9 Å². The second kappa shape index (κ2) is 10.0. The van der Waals surface area contributed by atoms with Gasteiger partial charge >= 0.3 is 0 Å². The molecule has 0 aromatic heterocycles. The molecule has 0 fully saturated rings. The second-order valence-electron chi connectivity index (χ2n) is 7.37. The Balaban J connectivity index is 1.83. The van der Waals surface area contributed by atoms with Gasteiger partial charge in [0.25, 0.3) is 0 Å². The van der Waals surface area contributed by atoms with Gasteiger partial charge < -0.3 is 10.6 Å². The van der Waals surface area contributed by atoms with E-state index in [1.807, 2.05) is 51.1 Å². The van der Waals surface area contributed by atoms with Gasteiger partial charge in [0.15, 0.2) is 0 Å². The fourth-order valence-corrected chi connectivity index (χ4v) is 3.15. The van der Waals surface area contributed by atoms with Gasteiger partial charge in [0, 0.05) is 5.69 Å². The van der Waals surface area contributed by atoms with Crippen molar-refractivity contribution in [3.05, 3.63) is 64.7 Å². The lowest BCUT2D eigenvalue weighted by Gasteiger charge is -2.20. The number of nitrogens with zero attached hydrogens (tertiary/aromatic N) is 1. The minimum atomic E-state index is -0.129. The lowest BCUT2D eigenvalue weighted by atomic mass is 10.1. The number of carbonyl (C=O) groups is 2. The highest BCUT2D eigenvalue weighted by molar-refractivity contribution is 5.94. The summed E-state index contributed by atoms with van der Waals surface area (Å²) in [4.78, 5) is 26.4. The maximum atomic E-state index is 12.3. The molecule has 0 spiro atoms. The molecule has 1 atom stereocenters. The molecule has 2 rings (SSSR count). The number of amides is 2. The molecule has 2 aromatic carbocycles. The van der Waals surface area contributed by atoms with E-state index >= 15 is 0 Å². The molecule has 2 N–H and O–H groups in total. The van der Waals surface area contributed by atoms with E-state index in [1.54, 1.807) is 11.9 Å². The van der Waals surface area contributed by atoms with E-state index in [2.05, 4.69) is 29.7 Å². The monoisotopic (exact) mass is 381 g/mol. The standard InChI is InChI=1S/C23H31N3O2/c1-6-19-10-12-20(13-11-19)18(4)24-21(27)14-26(5)15-22(28)25-23-16(2)8-7-9-17(23)3/h7-13,18H,6,14-15H2,1-5H3,(H,24,27)(H,25,28)/t18-/m1/s1. The molecule has 5 heteroatoms. The summed E-state index contributed by atoms with van der Waals surface area (Å²) in [7, 11) is 1.77. The van der Waals surface area contributed by atoms with Gasteiger partial charge in [0.2, 0.25) is 11.8 Å². The molecular weight excluding hydrogens is 350 g/mol. The Morgan fingerprint density at radius 2 is 1.54 bits per heavy atom. The zero-order chi connectivity index (χ0) is 20.7. The summed E-state index contributed by atoms with van der Waals surface area (Å²) in [6, 6.07) is 14.1. The fourth-order valence-electron chi connectivity index (χ4n) is 3.15. The summed E-state index contributed by atoms with van der Waals surface area (Å²) in [5.74, 6) is -0.231. The van der Waals surface area contributed by atoms with Crippen molar-refractivity contribution in [2.24, 2.45) is 0 Å². The summed E-state index contributed by atoms with van der Waals surface area (Å²) >= 11 is 0. The first-order chi connectivity index (χ1) is 13.3. The van der Waals surface area contributed by atoms with Crippen LogP contribution in [0, 0.1) is 13.8 Å². The van der Waals surface area contributed by atoms with Crippen LogP contribution in [-0.4, -0.2) is 36.9 Å². The number of aryl methyl sites for hydroxylation is 3. The third kappa shape index (κ3) is 6.20. The molecule has 0 aliphatic carbocycles. The second-order valence-corrected chi connectivity index (χ2v) is 7.37. The number of hydrogen-bond donors (Lipinski definition) is 2. The average molecular weight is 382 g/mol. The van der Waals surface area contributed by atoms with Crippen LogP contribution in [0.3, 0.4) is 0 Å².